The normalized spacial score (nSPS) is 20.1. The molecule has 2 saturated heterocycles. The van der Waals surface area contributed by atoms with Crippen molar-refractivity contribution >= 4 is 35.8 Å². The van der Waals surface area contributed by atoms with Gasteiger partial charge >= 0.3 is 0 Å². The maximum absolute atomic E-state index is 14.1. The van der Waals surface area contributed by atoms with Crippen molar-refractivity contribution in [2.75, 3.05) is 44.2 Å². The van der Waals surface area contributed by atoms with E-state index in [1.165, 1.54) is 24.5 Å². The van der Waals surface area contributed by atoms with Crippen LogP contribution in [0.1, 0.15) is 37.8 Å². The number of hydrogen-bond donors (Lipinski definition) is 2. The number of guanidine groups is 1. The first kappa shape index (κ1) is 24.7. The number of aromatic nitrogens is 1. The maximum atomic E-state index is 14.1. The molecule has 2 fully saturated rings. The first-order valence-corrected chi connectivity index (χ1v) is 11.4. The highest BCUT2D eigenvalue weighted by atomic mass is 127. The zero-order chi connectivity index (χ0) is 21.5. The van der Waals surface area contributed by atoms with Crippen LogP contribution in [0.3, 0.4) is 0 Å². The van der Waals surface area contributed by atoms with Gasteiger partial charge in [0.2, 0.25) is 0 Å². The number of nitrogens with zero attached hydrogens (tertiary/aromatic N) is 4. The van der Waals surface area contributed by atoms with Crippen molar-refractivity contribution in [3.8, 4) is 0 Å². The van der Waals surface area contributed by atoms with Crippen LogP contribution >= 0.6 is 24.0 Å². The highest BCUT2D eigenvalue weighted by molar-refractivity contribution is 14.0. The van der Waals surface area contributed by atoms with Crippen molar-refractivity contribution in [3.05, 3.63) is 60.0 Å². The molecule has 2 unspecified atom stereocenters. The first-order valence-electron chi connectivity index (χ1n) is 11.4. The molecule has 0 amide bonds. The monoisotopic (exact) mass is 552 g/mol. The zero-order valence-electron chi connectivity index (χ0n) is 18.7. The number of nitrogens with one attached hydrogen (secondary N) is 2. The molecule has 2 N–H and O–H groups in total. The summed E-state index contributed by atoms with van der Waals surface area (Å²) in [6, 6.07) is 14.3. The van der Waals surface area contributed by atoms with Crippen LogP contribution in [0.5, 0.6) is 0 Å². The Morgan fingerprint density at radius 1 is 1.16 bits per heavy atom. The van der Waals surface area contributed by atoms with E-state index >= 15 is 0 Å². The molecule has 2 aromatic rings. The Bertz CT molecular complexity index is 859. The minimum absolute atomic E-state index is 0. The van der Waals surface area contributed by atoms with E-state index in [0.717, 1.165) is 38.6 Å². The highest BCUT2D eigenvalue weighted by Gasteiger charge is 2.27. The SMILES string of the molecule is CCNC(=NCC(c1ccccc1)N1CCCC1)NC1CCN(c2ncccc2F)C1.I. The average molecular weight is 552 g/mol. The van der Waals surface area contributed by atoms with Gasteiger partial charge in [-0.25, -0.2) is 9.37 Å². The topological polar surface area (TPSA) is 55.8 Å². The number of halogens is 2. The van der Waals surface area contributed by atoms with Gasteiger partial charge in [-0.2, -0.15) is 0 Å². The van der Waals surface area contributed by atoms with Gasteiger partial charge in [-0.3, -0.25) is 9.89 Å². The fraction of sp³-hybridized carbons (Fsp3) is 0.500. The molecule has 2 aliphatic heterocycles. The summed E-state index contributed by atoms with van der Waals surface area (Å²) in [4.78, 5) is 13.7. The van der Waals surface area contributed by atoms with Crippen LogP contribution in [0.4, 0.5) is 10.2 Å². The largest absolute Gasteiger partial charge is 0.357 e. The van der Waals surface area contributed by atoms with Crippen molar-refractivity contribution in [1.29, 1.82) is 0 Å². The van der Waals surface area contributed by atoms with Gasteiger partial charge in [-0.1, -0.05) is 30.3 Å². The summed E-state index contributed by atoms with van der Waals surface area (Å²) in [7, 11) is 0. The third kappa shape index (κ3) is 6.31. The van der Waals surface area contributed by atoms with Gasteiger partial charge in [-0.05, 0) is 57.0 Å². The third-order valence-corrected chi connectivity index (χ3v) is 6.10. The summed E-state index contributed by atoms with van der Waals surface area (Å²) in [5.41, 5.74) is 1.32. The van der Waals surface area contributed by atoms with Crippen LogP contribution in [0, 0.1) is 5.82 Å². The minimum atomic E-state index is -0.264. The Hall–Kier alpha value is -1.94. The highest BCUT2D eigenvalue weighted by Crippen LogP contribution is 2.25. The third-order valence-electron chi connectivity index (χ3n) is 6.10. The molecule has 2 aliphatic rings. The van der Waals surface area contributed by atoms with E-state index in [1.54, 1.807) is 12.3 Å². The number of anilines is 1. The molecule has 0 radical (unpaired) electrons. The van der Waals surface area contributed by atoms with Crippen LogP contribution in [0.2, 0.25) is 0 Å². The van der Waals surface area contributed by atoms with E-state index < -0.39 is 0 Å². The second-order valence-electron chi connectivity index (χ2n) is 8.27. The molecule has 6 nitrogen and oxygen atoms in total. The Balaban J connectivity index is 0.00000289. The van der Waals surface area contributed by atoms with E-state index in [1.807, 2.05) is 4.90 Å². The first-order chi connectivity index (χ1) is 15.2. The number of aliphatic imine (C=N–C) groups is 1. The fourth-order valence-corrected chi connectivity index (χ4v) is 4.53. The van der Waals surface area contributed by atoms with Crippen LogP contribution in [-0.4, -0.2) is 61.2 Å². The molecule has 1 aromatic heterocycles. The molecule has 1 aromatic carbocycles. The van der Waals surface area contributed by atoms with Gasteiger partial charge in [0.15, 0.2) is 17.6 Å². The molecule has 32 heavy (non-hydrogen) atoms. The molecule has 0 bridgehead atoms. The number of rotatable bonds is 7. The smallest absolute Gasteiger partial charge is 0.191 e. The van der Waals surface area contributed by atoms with Gasteiger partial charge in [0.25, 0.3) is 0 Å². The molecular weight excluding hydrogens is 518 g/mol. The molecule has 2 atom stereocenters. The molecular formula is C24H34FIN6. The van der Waals surface area contributed by atoms with Gasteiger partial charge in [0, 0.05) is 31.9 Å². The summed E-state index contributed by atoms with van der Waals surface area (Å²) < 4.78 is 14.1. The molecule has 0 saturated carbocycles. The van der Waals surface area contributed by atoms with Crippen molar-refractivity contribution in [1.82, 2.24) is 20.5 Å². The second-order valence-corrected chi connectivity index (χ2v) is 8.27. The molecule has 0 spiro atoms. The van der Waals surface area contributed by atoms with Gasteiger partial charge < -0.3 is 15.5 Å². The summed E-state index contributed by atoms with van der Waals surface area (Å²) in [6.07, 6.45) is 5.09. The number of pyridine rings is 1. The van der Waals surface area contributed by atoms with Crippen molar-refractivity contribution in [3.63, 3.8) is 0 Å². The van der Waals surface area contributed by atoms with Crippen LogP contribution in [-0.2, 0) is 0 Å². The maximum Gasteiger partial charge on any atom is 0.191 e. The second kappa shape index (κ2) is 12.3. The van der Waals surface area contributed by atoms with Crippen molar-refractivity contribution in [2.24, 2.45) is 4.99 Å². The van der Waals surface area contributed by atoms with Crippen molar-refractivity contribution < 1.29 is 4.39 Å². The lowest BCUT2D eigenvalue weighted by molar-refractivity contribution is 0.251. The van der Waals surface area contributed by atoms with E-state index in [0.29, 0.717) is 24.9 Å². The quantitative estimate of drug-likeness (QED) is 0.311. The molecule has 174 valence electrons. The van der Waals surface area contributed by atoms with E-state index in [9.17, 15) is 4.39 Å². The average Bonchev–Trinajstić information content (AvgIpc) is 3.48. The molecule has 3 heterocycles. The predicted molar refractivity (Wildman–Crippen MR) is 139 cm³/mol. The molecule has 8 heteroatoms. The summed E-state index contributed by atoms with van der Waals surface area (Å²) in [6.45, 7) is 7.36. The summed E-state index contributed by atoms with van der Waals surface area (Å²) in [5.74, 6) is 1.00. The summed E-state index contributed by atoms with van der Waals surface area (Å²) in [5, 5.41) is 6.95. The fourth-order valence-electron chi connectivity index (χ4n) is 4.53. The lowest BCUT2D eigenvalue weighted by Crippen LogP contribution is -2.45. The molecule has 0 aliphatic carbocycles. The summed E-state index contributed by atoms with van der Waals surface area (Å²) >= 11 is 0. The van der Waals surface area contributed by atoms with Crippen LogP contribution in [0.25, 0.3) is 0 Å². The van der Waals surface area contributed by atoms with E-state index in [2.05, 4.69) is 57.8 Å². The van der Waals surface area contributed by atoms with Gasteiger partial charge in [0.1, 0.15) is 0 Å². The Labute approximate surface area is 207 Å². The zero-order valence-corrected chi connectivity index (χ0v) is 21.0. The Morgan fingerprint density at radius 2 is 1.94 bits per heavy atom. The van der Waals surface area contributed by atoms with Gasteiger partial charge in [0.05, 0.1) is 12.6 Å². The van der Waals surface area contributed by atoms with Crippen molar-refractivity contribution in [2.45, 2.75) is 38.3 Å². The standard InChI is InChI=1S/C24H33FN6.HI/c1-2-26-24(29-20-12-16-31(18-20)23-21(25)11-8-13-27-23)28-17-22(30-14-6-7-15-30)19-9-4-3-5-10-19;/h3-5,8-11,13,20,22H,2,6-7,12,14-18H2,1H3,(H2,26,28,29);1H. The number of hydrogen-bond acceptors (Lipinski definition) is 4. The van der Waals surface area contributed by atoms with Crippen LogP contribution < -0.4 is 15.5 Å². The van der Waals surface area contributed by atoms with Crippen LogP contribution in [0.15, 0.2) is 53.7 Å². The van der Waals surface area contributed by atoms with Gasteiger partial charge in [-0.15, -0.1) is 24.0 Å². The Kier molecular flexibility index (Phi) is 9.52. The number of likely N-dealkylation sites (tertiary alicyclic amines) is 1. The number of benzene rings is 1. The Morgan fingerprint density at radius 3 is 2.66 bits per heavy atom. The molecule has 4 rings (SSSR count). The lowest BCUT2D eigenvalue weighted by atomic mass is 10.1. The van der Waals surface area contributed by atoms with E-state index in [-0.39, 0.29) is 35.8 Å². The van der Waals surface area contributed by atoms with E-state index in [4.69, 9.17) is 4.99 Å². The predicted octanol–water partition coefficient (Wildman–Crippen LogP) is 3.81. The lowest BCUT2D eigenvalue weighted by Gasteiger charge is -2.27. The minimum Gasteiger partial charge on any atom is -0.357 e.